The van der Waals surface area contributed by atoms with E-state index < -0.39 is 17.4 Å². The van der Waals surface area contributed by atoms with E-state index in [9.17, 15) is 14.4 Å². The van der Waals surface area contributed by atoms with Crippen LogP contribution >= 0.6 is 15.9 Å². The third-order valence-corrected chi connectivity index (χ3v) is 3.70. The molecule has 0 aliphatic heterocycles. The number of anilines is 2. The summed E-state index contributed by atoms with van der Waals surface area (Å²) in [4.78, 5) is 38.5. The number of benzene rings is 1. The lowest BCUT2D eigenvalue weighted by atomic mass is 10.2. The van der Waals surface area contributed by atoms with Gasteiger partial charge in [0.05, 0.1) is 6.26 Å². The van der Waals surface area contributed by atoms with E-state index in [2.05, 4.69) is 31.5 Å². The van der Waals surface area contributed by atoms with Gasteiger partial charge in [-0.2, -0.15) is 0 Å². The lowest BCUT2D eigenvalue weighted by Crippen LogP contribution is -2.20. The number of pyridine rings is 1. The maximum Gasteiger partial charge on any atom is 0.291 e. The number of aromatic amines is 1. The van der Waals surface area contributed by atoms with Crippen LogP contribution in [-0.4, -0.2) is 16.8 Å². The van der Waals surface area contributed by atoms with Crippen LogP contribution in [0.25, 0.3) is 0 Å². The Labute approximate surface area is 150 Å². The van der Waals surface area contributed by atoms with Crippen LogP contribution in [0.4, 0.5) is 11.4 Å². The number of hydrogen-bond donors (Lipinski definition) is 3. The van der Waals surface area contributed by atoms with E-state index in [0.717, 1.165) is 0 Å². The maximum atomic E-state index is 12.3. The molecule has 2 heterocycles. The van der Waals surface area contributed by atoms with Crippen molar-refractivity contribution in [2.45, 2.75) is 0 Å². The second-order valence-electron chi connectivity index (χ2n) is 5.03. The summed E-state index contributed by atoms with van der Waals surface area (Å²) in [7, 11) is 0. The average molecular weight is 402 g/mol. The highest BCUT2D eigenvalue weighted by Gasteiger charge is 2.12. The summed E-state index contributed by atoms with van der Waals surface area (Å²) < 4.78 is 5.64. The van der Waals surface area contributed by atoms with Crippen molar-refractivity contribution in [3.63, 3.8) is 0 Å². The molecule has 25 heavy (non-hydrogen) atoms. The van der Waals surface area contributed by atoms with E-state index >= 15 is 0 Å². The van der Waals surface area contributed by atoms with E-state index in [4.69, 9.17) is 4.42 Å². The van der Waals surface area contributed by atoms with Crippen LogP contribution in [0.1, 0.15) is 20.9 Å². The largest absolute Gasteiger partial charge is 0.459 e. The van der Waals surface area contributed by atoms with Gasteiger partial charge in [-0.25, -0.2) is 0 Å². The first-order chi connectivity index (χ1) is 12.0. The maximum absolute atomic E-state index is 12.3. The van der Waals surface area contributed by atoms with Gasteiger partial charge in [0.15, 0.2) is 5.76 Å². The molecule has 0 radical (unpaired) electrons. The molecular weight excluding hydrogens is 390 g/mol. The highest BCUT2D eigenvalue weighted by molar-refractivity contribution is 9.10. The standard InChI is InChI=1S/C17H12BrN3O4/c18-11-8-13(16(23)19-9-11)21-15(22)10-3-1-4-12(7-10)20-17(24)14-5-2-6-25-14/h1-9H,(H,19,23)(H,20,24)(H,21,22). The van der Waals surface area contributed by atoms with Gasteiger partial charge in [0.2, 0.25) is 0 Å². The van der Waals surface area contributed by atoms with E-state index in [-0.39, 0.29) is 17.0 Å². The number of halogens is 1. The lowest BCUT2D eigenvalue weighted by molar-refractivity contribution is 0.0993. The summed E-state index contributed by atoms with van der Waals surface area (Å²) in [6.45, 7) is 0. The molecule has 2 amide bonds. The van der Waals surface area contributed by atoms with Gasteiger partial charge in [0.1, 0.15) is 5.69 Å². The number of furan rings is 1. The molecule has 0 atom stereocenters. The third-order valence-electron chi connectivity index (χ3n) is 3.24. The predicted molar refractivity (Wildman–Crippen MR) is 95.8 cm³/mol. The molecule has 3 N–H and O–H groups in total. The number of H-pyrrole nitrogens is 1. The Morgan fingerprint density at radius 1 is 1.04 bits per heavy atom. The Morgan fingerprint density at radius 2 is 1.88 bits per heavy atom. The number of carbonyl (C=O) groups is 2. The minimum Gasteiger partial charge on any atom is -0.459 e. The lowest BCUT2D eigenvalue weighted by Gasteiger charge is -2.07. The first-order valence-electron chi connectivity index (χ1n) is 7.17. The molecule has 7 nitrogen and oxygen atoms in total. The minimum atomic E-state index is -0.474. The van der Waals surface area contributed by atoms with Gasteiger partial charge in [-0.3, -0.25) is 14.4 Å². The fourth-order valence-corrected chi connectivity index (χ4v) is 2.43. The van der Waals surface area contributed by atoms with Gasteiger partial charge in [-0.15, -0.1) is 0 Å². The Morgan fingerprint density at radius 3 is 2.64 bits per heavy atom. The fourth-order valence-electron chi connectivity index (χ4n) is 2.08. The molecule has 0 aliphatic carbocycles. The zero-order chi connectivity index (χ0) is 17.8. The summed E-state index contributed by atoms with van der Waals surface area (Å²) in [5.74, 6) is -0.737. The summed E-state index contributed by atoms with van der Waals surface area (Å²) in [6, 6.07) is 11.0. The monoisotopic (exact) mass is 401 g/mol. The van der Waals surface area contributed by atoms with Gasteiger partial charge in [0, 0.05) is 21.9 Å². The molecule has 0 aliphatic rings. The average Bonchev–Trinajstić information content (AvgIpc) is 3.13. The first kappa shape index (κ1) is 16.7. The second-order valence-corrected chi connectivity index (χ2v) is 5.94. The molecule has 126 valence electrons. The molecule has 3 aromatic rings. The van der Waals surface area contributed by atoms with Crippen molar-refractivity contribution >= 4 is 39.1 Å². The van der Waals surface area contributed by atoms with Gasteiger partial charge >= 0.3 is 0 Å². The molecule has 0 spiro atoms. The number of amides is 2. The van der Waals surface area contributed by atoms with Crippen LogP contribution in [0.15, 0.2) is 68.6 Å². The molecule has 2 aromatic heterocycles. The number of carbonyl (C=O) groups excluding carboxylic acids is 2. The summed E-state index contributed by atoms with van der Waals surface area (Å²) in [6.07, 6.45) is 2.87. The minimum absolute atomic E-state index is 0.115. The van der Waals surface area contributed by atoms with Crippen LogP contribution in [0.3, 0.4) is 0 Å². The first-order valence-corrected chi connectivity index (χ1v) is 7.97. The number of aromatic nitrogens is 1. The van der Waals surface area contributed by atoms with E-state index in [1.165, 1.54) is 30.7 Å². The molecule has 0 fully saturated rings. The van der Waals surface area contributed by atoms with Gasteiger partial charge in [-0.05, 0) is 52.3 Å². The van der Waals surface area contributed by atoms with Crippen LogP contribution in [0.2, 0.25) is 0 Å². The van der Waals surface area contributed by atoms with Crippen molar-refractivity contribution in [2.24, 2.45) is 0 Å². The van der Waals surface area contributed by atoms with Gasteiger partial charge < -0.3 is 20.0 Å². The molecule has 0 bridgehead atoms. The Bertz CT molecular complexity index is 980. The molecule has 0 unspecified atom stereocenters. The molecule has 0 saturated heterocycles. The summed E-state index contributed by atoms with van der Waals surface area (Å²) in [5.41, 5.74) is 0.414. The highest BCUT2D eigenvalue weighted by Crippen LogP contribution is 2.15. The van der Waals surface area contributed by atoms with Crippen molar-refractivity contribution < 1.29 is 14.0 Å². The second kappa shape index (κ2) is 7.18. The fraction of sp³-hybridized carbons (Fsp3) is 0. The molecule has 8 heteroatoms. The Kier molecular flexibility index (Phi) is 4.80. The Hall–Kier alpha value is -3.13. The van der Waals surface area contributed by atoms with Crippen molar-refractivity contribution in [3.8, 4) is 0 Å². The predicted octanol–water partition coefficient (Wildman–Crippen LogP) is 3.24. The topological polar surface area (TPSA) is 104 Å². The summed E-state index contributed by atoms with van der Waals surface area (Å²) in [5, 5.41) is 5.17. The molecular formula is C17H12BrN3O4. The third kappa shape index (κ3) is 4.04. The quantitative estimate of drug-likeness (QED) is 0.623. The zero-order valence-electron chi connectivity index (χ0n) is 12.7. The van der Waals surface area contributed by atoms with Crippen LogP contribution in [-0.2, 0) is 0 Å². The molecule has 1 aromatic carbocycles. The molecule has 0 saturated carbocycles. The van der Waals surface area contributed by atoms with Crippen LogP contribution in [0, 0.1) is 0 Å². The van der Waals surface area contributed by atoms with Crippen LogP contribution in [0.5, 0.6) is 0 Å². The normalized spacial score (nSPS) is 10.3. The van der Waals surface area contributed by atoms with Crippen molar-refractivity contribution in [3.05, 3.63) is 81.1 Å². The Balaban J connectivity index is 1.76. The van der Waals surface area contributed by atoms with Crippen molar-refractivity contribution in [1.82, 2.24) is 4.98 Å². The van der Waals surface area contributed by atoms with Crippen molar-refractivity contribution in [2.75, 3.05) is 10.6 Å². The van der Waals surface area contributed by atoms with Gasteiger partial charge in [-0.1, -0.05) is 6.07 Å². The van der Waals surface area contributed by atoms with E-state index in [1.807, 2.05) is 0 Å². The highest BCUT2D eigenvalue weighted by atomic mass is 79.9. The molecule has 3 rings (SSSR count). The van der Waals surface area contributed by atoms with E-state index in [1.54, 1.807) is 24.3 Å². The van der Waals surface area contributed by atoms with Crippen molar-refractivity contribution in [1.29, 1.82) is 0 Å². The van der Waals surface area contributed by atoms with Crippen LogP contribution < -0.4 is 16.2 Å². The summed E-state index contributed by atoms with van der Waals surface area (Å²) >= 11 is 3.22. The zero-order valence-corrected chi connectivity index (χ0v) is 14.3. The number of nitrogens with one attached hydrogen (secondary N) is 3. The smallest absolute Gasteiger partial charge is 0.291 e. The number of rotatable bonds is 4. The van der Waals surface area contributed by atoms with Gasteiger partial charge in [0.25, 0.3) is 17.4 Å². The van der Waals surface area contributed by atoms with E-state index in [0.29, 0.717) is 10.2 Å². The SMILES string of the molecule is O=C(Nc1cc(Br)c[nH]c1=O)c1cccc(NC(=O)c2ccco2)c1. The number of hydrogen-bond acceptors (Lipinski definition) is 4.